The van der Waals surface area contributed by atoms with Crippen LogP contribution in [0.5, 0.6) is 0 Å². The molecule has 13 heavy (non-hydrogen) atoms. The van der Waals surface area contributed by atoms with Gasteiger partial charge in [-0.2, -0.15) is 0 Å². The minimum atomic E-state index is 0.123. The highest BCUT2D eigenvalue weighted by molar-refractivity contribution is 5.74. The molecule has 0 aliphatic carbocycles. The predicted octanol–water partition coefficient (Wildman–Crippen LogP) is 1.84. The summed E-state index contributed by atoms with van der Waals surface area (Å²) in [5.41, 5.74) is 0. The zero-order valence-electron chi connectivity index (χ0n) is 8.68. The lowest BCUT2D eigenvalue weighted by molar-refractivity contribution is 0.207. The molecular weight excluding hydrogens is 164 g/mol. The average molecular weight is 184 g/mol. The molecule has 0 radical (unpaired) electrons. The lowest BCUT2D eigenvalue weighted by Crippen LogP contribution is -2.38. The summed E-state index contributed by atoms with van der Waals surface area (Å²) >= 11 is 0. The fourth-order valence-corrected chi connectivity index (χ4v) is 1.69. The van der Waals surface area contributed by atoms with E-state index in [4.69, 9.17) is 0 Å². The van der Waals surface area contributed by atoms with Crippen LogP contribution in [0.2, 0.25) is 0 Å². The third kappa shape index (κ3) is 2.90. The van der Waals surface area contributed by atoms with Crippen molar-refractivity contribution in [1.82, 2.24) is 10.2 Å². The molecule has 1 heterocycles. The Morgan fingerprint density at radius 2 is 2.31 bits per heavy atom. The van der Waals surface area contributed by atoms with E-state index >= 15 is 0 Å². The molecule has 76 valence electrons. The number of hydrogen-bond donors (Lipinski definition) is 1. The summed E-state index contributed by atoms with van der Waals surface area (Å²) in [4.78, 5) is 13.4. The van der Waals surface area contributed by atoms with E-state index < -0.39 is 0 Å². The Labute approximate surface area is 80.5 Å². The van der Waals surface area contributed by atoms with Gasteiger partial charge in [-0.1, -0.05) is 20.3 Å². The normalized spacial score (nSPS) is 22.0. The van der Waals surface area contributed by atoms with Crippen molar-refractivity contribution in [2.45, 2.75) is 33.1 Å². The van der Waals surface area contributed by atoms with Crippen LogP contribution in [0.3, 0.4) is 0 Å². The fourth-order valence-electron chi connectivity index (χ4n) is 1.69. The fraction of sp³-hybridized carbons (Fsp3) is 0.900. The van der Waals surface area contributed by atoms with Gasteiger partial charge in [0.25, 0.3) is 0 Å². The van der Waals surface area contributed by atoms with E-state index in [9.17, 15) is 4.79 Å². The SMILES string of the molecule is CCCNC(=O)N1CCC(CC)C1. The van der Waals surface area contributed by atoms with Crippen LogP contribution < -0.4 is 5.32 Å². The van der Waals surface area contributed by atoms with Gasteiger partial charge in [0.1, 0.15) is 0 Å². The van der Waals surface area contributed by atoms with Crippen molar-refractivity contribution in [1.29, 1.82) is 0 Å². The number of likely N-dealkylation sites (tertiary alicyclic amines) is 1. The van der Waals surface area contributed by atoms with Gasteiger partial charge in [-0.05, 0) is 18.8 Å². The van der Waals surface area contributed by atoms with Crippen LogP contribution in [0.25, 0.3) is 0 Å². The molecule has 0 spiro atoms. The molecule has 3 nitrogen and oxygen atoms in total. The van der Waals surface area contributed by atoms with Gasteiger partial charge < -0.3 is 10.2 Å². The molecule has 1 aliphatic rings. The van der Waals surface area contributed by atoms with E-state index in [1.54, 1.807) is 0 Å². The van der Waals surface area contributed by atoms with Crippen molar-refractivity contribution in [2.24, 2.45) is 5.92 Å². The Morgan fingerprint density at radius 3 is 2.85 bits per heavy atom. The van der Waals surface area contributed by atoms with Crippen LogP contribution in [0.1, 0.15) is 33.1 Å². The van der Waals surface area contributed by atoms with Gasteiger partial charge in [0, 0.05) is 19.6 Å². The molecule has 0 aromatic carbocycles. The summed E-state index contributed by atoms with van der Waals surface area (Å²) in [7, 11) is 0. The van der Waals surface area contributed by atoms with Crippen LogP contribution in [0.4, 0.5) is 4.79 Å². The van der Waals surface area contributed by atoms with Crippen molar-refractivity contribution in [2.75, 3.05) is 19.6 Å². The van der Waals surface area contributed by atoms with Crippen LogP contribution >= 0.6 is 0 Å². The molecule has 0 bridgehead atoms. The van der Waals surface area contributed by atoms with E-state index in [1.165, 1.54) is 12.8 Å². The monoisotopic (exact) mass is 184 g/mol. The molecular formula is C10H20N2O. The zero-order valence-corrected chi connectivity index (χ0v) is 8.68. The standard InChI is InChI=1S/C10H20N2O/c1-3-6-11-10(13)12-7-5-9(4-2)8-12/h9H,3-8H2,1-2H3,(H,11,13). The van der Waals surface area contributed by atoms with Gasteiger partial charge in [0.15, 0.2) is 0 Å². The summed E-state index contributed by atoms with van der Waals surface area (Å²) in [6.45, 7) is 6.95. The third-order valence-corrected chi connectivity index (χ3v) is 2.68. The van der Waals surface area contributed by atoms with Gasteiger partial charge >= 0.3 is 6.03 Å². The molecule has 1 rings (SSSR count). The number of urea groups is 1. The van der Waals surface area contributed by atoms with Crippen molar-refractivity contribution in [3.05, 3.63) is 0 Å². The highest BCUT2D eigenvalue weighted by Crippen LogP contribution is 2.18. The molecule has 0 aromatic heterocycles. The second-order valence-electron chi connectivity index (χ2n) is 3.74. The lowest BCUT2D eigenvalue weighted by atomic mass is 10.1. The van der Waals surface area contributed by atoms with E-state index in [0.29, 0.717) is 0 Å². The maximum absolute atomic E-state index is 11.5. The Morgan fingerprint density at radius 1 is 1.54 bits per heavy atom. The van der Waals surface area contributed by atoms with Gasteiger partial charge in [0.2, 0.25) is 0 Å². The highest BCUT2D eigenvalue weighted by Gasteiger charge is 2.24. The van der Waals surface area contributed by atoms with E-state index in [-0.39, 0.29) is 6.03 Å². The molecule has 3 heteroatoms. The highest BCUT2D eigenvalue weighted by atomic mass is 16.2. The number of carbonyl (C=O) groups excluding carboxylic acids is 1. The third-order valence-electron chi connectivity index (χ3n) is 2.68. The van der Waals surface area contributed by atoms with Crippen LogP contribution in [-0.2, 0) is 0 Å². The largest absolute Gasteiger partial charge is 0.338 e. The second kappa shape index (κ2) is 5.10. The van der Waals surface area contributed by atoms with E-state index in [2.05, 4.69) is 19.2 Å². The van der Waals surface area contributed by atoms with Gasteiger partial charge in [-0.15, -0.1) is 0 Å². The average Bonchev–Trinajstić information content (AvgIpc) is 2.62. The number of hydrogen-bond acceptors (Lipinski definition) is 1. The first-order valence-corrected chi connectivity index (χ1v) is 5.30. The molecule has 1 aliphatic heterocycles. The number of nitrogens with one attached hydrogen (secondary N) is 1. The number of carbonyl (C=O) groups is 1. The van der Waals surface area contributed by atoms with Gasteiger partial charge in [-0.3, -0.25) is 0 Å². The number of amides is 2. The summed E-state index contributed by atoms with van der Waals surface area (Å²) in [5.74, 6) is 0.729. The topological polar surface area (TPSA) is 32.3 Å². The maximum atomic E-state index is 11.5. The molecule has 1 unspecified atom stereocenters. The lowest BCUT2D eigenvalue weighted by Gasteiger charge is -2.16. The number of nitrogens with zero attached hydrogens (tertiary/aromatic N) is 1. The number of rotatable bonds is 3. The van der Waals surface area contributed by atoms with Crippen LogP contribution in [-0.4, -0.2) is 30.6 Å². The Hall–Kier alpha value is -0.730. The first-order chi connectivity index (χ1) is 6.27. The Kier molecular flexibility index (Phi) is 4.06. The predicted molar refractivity (Wildman–Crippen MR) is 53.7 cm³/mol. The Balaban J connectivity index is 2.25. The first-order valence-electron chi connectivity index (χ1n) is 5.30. The first kappa shape index (κ1) is 10.4. The van der Waals surface area contributed by atoms with Crippen molar-refractivity contribution >= 4 is 6.03 Å². The molecule has 1 fully saturated rings. The smallest absolute Gasteiger partial charge is 0.317 e. The minimum absolute atomic E-state index is 0.123. The van der Waals surface area contributed by atoms with Crippen LogP contribution in [0, 0.1) is 5.92 Å². The van der Waals surface area contributed by atoms with Gasteiger partial charge in [-0.25, -0.2) is 4.79 Å². The molecule has 2 amide bonds. The quantitative estimate of drug-likeness (QED) is 0.713. The summed E-state index contributed by atoms with van der Waals surface area (Å²) in [6.07, 6.45) is 3.38. The molecule has 1 N–H and O–H groups in total. The van der Waals surface area contributed by atoms with Crippen molar-refractivity contribution < 1.29 is 4.79 Å². The maximum Gasteiger partial charge on any atom is 0.317 e. The summed E-state index contributed by atoms with van der Waals surface area (Å²) < 4.78 is 0. The van der Waals surface area contributed by atoms with E-state index in [1.807, 2.05) is 4.90 Å². The molecule has 1 atom stereocenters. The van der Waals surface area contributed by atoms with Crippen molar-refractivity contribution in [3.63, 3.8) is 0 Å². The van der Waals surface area contributed by atoms with Crippen molar-refractivity contribution in [3.8, 4) is 0 Å². The minimum Gasteiger partial charge on any atom is -0.338 e. The van der Waals surface area contributed by atoms with E-state index in [0.717, 1.165) is 32.0 Å². The van der Waals surface area contributed by atoms with Crippen LogP contribution in [0.15, 0.2) is 0 Å². The van der Waals surface area contributed by atoms with Gasteiger partial charge in [0.05, 0.1) is 0 Å². The summed E-state index contributed by atoms with van der Waals surface area (Å²) in [5, 5.41) is 2.91. The second-order valence-corrected chi connectivity index (χ2v) is 3.74. The molecule has 0 aromatic rings. The zero-order chi connectivity index (χ0) is 9.68. The Bertz CT molecular complexity index is 170. The molecule has 1 saturated heterocycles. The summed E-state index contributed by atoms with van der Waals surface area (Å²) in [6, 6.07) is 0.123. The molecule has 0 saturated carbocycles.